The number of methoxy groups -OCH3 is 1. The van der Waals surface area contributed by atoms with Crippen LogP contribution in [0, 0.1) is 0 Å². The van der Waals surface area contributed by atoms with E-state index in [-0.39, 0.29) is 5.75 Å². The molecule has 0 fully saturated rings. The average Bonchev–Trinajstić information content (AvgIpc) is 2.71. The Kier molecular flexibility index (Phi) is 2.56. The second-order valence-corrected chi connectivity index (χ2v) is 3.52. The number of phenolic OH excluding ortho intramolecular Hbond substituents is 1. The molecule has 1 aromatic carbocycles. The van der Waals surface area contributed by atoms with Crippen molar-refractivity contribution < 1.29 is 14.6 Å². The highest BCUT2D eigenvalue weighted by Gasteiger charge is 2.12. The number of nitrogens with zero attached hydrogens (tertiary/aromatic N) is 1. The quantitative estimate of drug-likeness (QED) is 0.787. The van der Waals surface area contributed by atoms with Gasteiger partial charge in [-0.05, 0) is 25.1 Å². The Labute approximate surface area is 93.1 Å². The number of hydrogen-bond acceptors (Lipinski definition) is 3. The summed E-state index contributed by atoms with van der Waals surface area (Å²) in [4.78, 5) is 11.4. The number of phenols is 1. The van der Waals surface area contributed by atoms with Crippen LogP contribution in [-0.4, -0.2) is 22.8 Å². The molecule has 1 N–H and O–H groups in total. The lowest BCUT2D eigenvalue weighted by molar-refractivity contribution is 0.0600. The van der Waals surface area contributed by atoms with Gasteiger partial charge >= 0.3 is 5.97 Å². The fraction of sp³-hybridized carbons (Fsp3) is 0.250. The standard InChI is InChI=1S/C12H13NO3/c1-3-13-5-4-9-10(13)6-8(7-11(9)14)12(15)16-2/h4-7,14H,3H2,1-2H3. The number of fused-ring (bicyclic) bond motifs is 1. The lowest BCUT2D eigenvalue weighted by atomic mass is 10.1. The van der Waals surface area contributed by atoms with Crippen LogP contribution < -0.4 is 0 Å². The average molecular weight is 219 g/mol. The number of carbonyl (C=O) groups is 1. The number of ether oxygens (including phenoxy) is 1. The highest BCUT2D eigenvalue weighted by Crippen LogP contribution is 2.27. The fourth-order valence-electron chi connectivity index (χ4n) is 1.79. The molecule has 1 heterocycles. The summed E-state index contributed by atoms with van der Waals surface area (Å²) in [6, 6.07) is 4.98. The Morgan fingerprint density at radius 2 is 2.25 bits per heavy atom. The molecule has 0 saturated heterocycles. The molecular formula is C12H13NO3. The maximum Gasteiger partial charge on any atom is 0.338 e. The molecule has 0 bridgehead atoms. The number of aromatic hydroxyl groups is 1. The van der Waals surface area contributed by atoms with Gasteiger partial charge in [0.2, 0.25) is 0 Å². The summed E-state index contributed by atoms with van der Waals surface area (Å²) in [7, 11) is 1.32. The third-order valence-corrected chi connectivity index (χ3v) is 2.63. The Hall–Kier alpha value is -1.97. The van der Waals surface area contributed by atoms with Crippen molar-refractivity contribution in [3.8, 4) is 5.75 Å². The molecule has 0 saturated carbocycles. The van der Waals surface area contributed by atoms with Crippen molar-refractivity contribution in [3.05, 3.63) is 30.0 Å². The molecule has 0 aliphatic heterocycles. The molecule has 0 radical (unpaired) electrons. The zero-order valence-corrected chi connectivity index (χ0v) is 9.23. The molecule has 0 aliphatic carbocycles. The minimum absolute atomic E-state index is 0.102. The Bertz CT molecular complexity index is 542. The van der Waals surface area contributed by atoms with E-state index in [9.17, 15) is 9.90 Å². The van der Waals surface area contributed by atoms with Crippen molar-refractivity contribution >= 4 is 16.9 Å². The van der Waals surface area contributed by atoms with E-state index in [4.69, 9.17) is 0 Å². The molecule has 0 atom stereocenters. The predicted octanol–water partition coefficient (Wildman–Crippen LogP) is 2.15. The van der Waals surface area contributed by atoms with Crippen molar-refractivity contribution in [1.82, 2.24) is 4.57 Å². The zero-order valence-electron chi connectivity index (χ0n) is 9.23. The molecule has 1 aromatic heterocycles. The van der Waals surface area contributed by atoms with E-state index in [1.54, 1.807) is 6.07 Å². The smallest absolute Gasteiger partial charge is 0.338 e. The van der Waals surface area contributed by atoms with Crippen molar-refractivity contribution in [2.45, 2.75) is 13.5 Å². The fourth-order valence-corrected chi connectivity index (χ4v) is 1.79. The topological polar surface area (TPSA) is 51.5 Å². The molecule has 0 unspecified atom stereocenters. The molecule has 0 spiro atoms. The van der Waals surface area contributed by atoms with Crippen LogP contribution in [0.25, 0.3) is 10.9 Å². The SMILES string of the molecule is CCn1ccc2c(O)cc(C(=O)OC)cc21. The molecule has 84 valence electrons. The second-order valence-electron chi connectivity index (χ2n) is 3.52. The highest BCUT2D eigenvalue weighted by atomic mass is 16.5. The monoisotopic (exact) mass is 219 g/mol. The van der Waals surface area contributed by atoms with E-state index in [2.05, 4.69) is 4.74 Å². The van der Waals surface area contributed by atoms with Crippen LogP contribution in [0.15, 0.2) is 24.4 Å². The van der Waals surface area contributed by atoms with Crippen LogP contribution in [0.3, 0.4) is 0 Å². The molecule has 4 nitrogen and oxygen atoms in total. The first-order valence-corrected chi connectivity index (χ1v) is 5.07. The molecule has 4 heteroatoms. The number of aryl methyl sites for hydroxylation is 1. The van der Waals surface area contributed by atoms with E-state index >= 15 is 0 Å². The van der Waals surface area contributed by atoms with Gasteiger partial charge in [0.15, 0.2) is 0 Å². The molecule has 16 heavy (non-hydrogen) atoms. The van der Waals surface area contributed by atoms with E-state index in [1.165, 1.54) is 13.2 Å². The van der Waals surface area contributed by atoms with Gasteiger partial charge in [-0.1, -0.05) is 0 Å². The zero-order chi connectivity index (χ0) is 11.7. The van der Waals surface area contributed by atoms with Crippen LogP contribution in [0.5, 0.6) is 5.75 Å². The number of esters is 1. The normalized spacial score (nSPS) is 10.6. The first-order chi connectivity index (χ1) is 7.67. The third-order valence-electron chi connectivity index (χ3n) is 2.63. The van der Waals surface area contributed by atoms with Gasteiger partial charge in [-0.15, -0.1) is 0 Å². The van der Waals surface area contributed by atoms with Gasteiger partial charge in [0.25, 0.3) is 0 Å². The number of carbonyl (C=O) groups excluding carboxylic acids is 1. The third kappa shape index (κ3) is 1.52. The number of benzene rings is 1. The number of aromatic nitrogens is 1. The summed E-state index contributed by atoms with van der Waals surface area (Å²) in [6.45, 7) is 2.79. The Morgan fingerprint density at radius 3 is 2.88 bits per heavy atom. The molecule has 0 aliphatic rings. The van der Waals surface area contributed by atoms with Gasteiger partial charge in [-0.3, -0.25) is 0 Å². The van der Waals surface area contributed by atoms with E-state index in [1.807, 2.05) is 23.8 Å². The number of hydrogen-bond donors (Lipinski definition) is 1. The second kappa shape index (κ2) is 3.89. The summed E-state index contributed by atoms with van der Waals surface area (Å²) >= 11 is 0. The van der Waals surface area contributed by atoms with Crippen LogP contribution in [-0.2, 0) is 11.3 Å². The molecule has 2 aromatic rings. The van der Waals surface area contributed by atoms with Crippen LogP contribution in [0.4, 0.5) is 0 Å². The maximum atomic E-state index is 11.4. The van der Waals surface area contributed by atoms with E-state index in [0.717, 1.165) is 17.4 Å². The van der Waals surface area contributed by atoms with Gasteiger partial charge in [-0.2, -0.15) is 0 Å². The van der Waals surface area contributed by atoms with Crippen molar-refractivity contribution in [3.63, 3.8) is 0 Å². The Morgan fingerprint density at radius 1 is 1.50 bits per heavy atom. The lowest BCUT2D eigenvalue weighted by Gasteiger charge is -2.05. The highest BCUT2D eigenvalue weighted by molar-refractivity contribution is 5.97. The predicted molar refractivity (Wildman–Crippen MR) is 60.6 cm³/mol. The first kappa shape index (κ1) is 10.5. The van der Waals surface area contributed by atoms with Crippen LogP contribution >= 0.6 is 0 Å². The minimum Gasteiger partial charge on any atom is -0.507 e. The van der Waals surface area contributed by atoms with Gasteiger partial charge in [-0.25, -0.2) is 4.79 Å². The van der Waals surface area contributed by atoms with Gasteiger partial charge < -0.3 is 14.4 Å². The van der Waals surface area contributed by atoms with Crippen molar-refractivity contribution in [2.24, 2.45) is 0 Å². The van der Waals surface area contributed by atoms with Crippen LogP contribution in [0.2, 0.25) is 0 Å². The summed E-state index contributed by atoms with van der Waals surface area (Å²) in [6.07, 6.45) is 1.88. The molecular weight excluding hydrogens is 206 g/mol. The van der Waals surface area contributed by atoms with E-state index in [0.29, 0.717) is 5.56 Å². The largest absolute Gasteiger partial charge is 0.507 e. The van der Waals surface area contributed by atoms with Crippen molar-refractivity contribution in [1.29, 1.82) is 0 Å². The summed E-state index contributed by atoms with van der Waals surface area (Å²) in [5, 5.41) is 10.5. The maximum absolute atomic E-state index is 11.4. The molecule has 0 amide bonds. The van der Waals surface area contributed by atoms with Crippen LogP contribution in [0.1, 0.15) is 17.3 Å². The molecule has 2 rings (SSSR count). The van der Waals surface area contributed by atoms with E-state index < -0.39 is 5.97 Å². The van der Waals surface area contributed by atoms with Gasteiger partial charge in [0, 0.05) is 18.1 Å². The first-order valence-electron chi connectivity index (χ1n) is 5.07. The minimum atomic E-state index is -0.443. The number of rotatable bonds is 2. The van der Waals surface area contributed by atoms with Crippen molar-refractivity contribution in [2.75, 3.05) is 7.11 Å². The van der Waals surface area contributed by atoms with Gasteiger partial charge in [0.05, 0.1) is 18.2 Å². The summed E-state index contributed by atoms with van der Waals surface area (Å²) in [5.74, 6) is -0.342. The Balaban J connectivity index is 2.68. The summed E-state index contributed by atoms with van der Waals surface area (Å²) in [5.41, 5.74) is 1.20. The lowest BCUT2D eigenvalue weighted by Crippen LogP contribution is -2.01. The summed E-state index contributed by atoms with van der Waals surface area (Å²) < 4.78 is 6.59. The van der Waals surface area contributed by atoms with Gasteiger partial charge in [0.1, 0.15) is 5.75 Å².